The fourth-order valence-electron chi connectivity index (χ4n) is 4.68. The first-order valence-corrected chi connectivity index (χ1v) is 12.4. The van der Waals surface area contributed by atoms with Crippen molar-refractivity contribution in [1.29, 1.82) is 0 Å². The summed E-state index contributed by atoms with van der Waals surface area (Å²) in [6.07, 6.45) is 2.35. The number of rotatable bonds is 5. The molecule has 0 unspecified atom stereocenters. The number of hydrogen-bond donors (Lipinski definition) is 1. The van der Waals surface area contributed by atoms with Gasteiger partial charge in [0, 0.05) is 48.9 Å². The summed E-state index contributed by atoms with van der Waals surface area (Å²) in [5.74, 6) is 1.37. The molecular formula is C25H31N5OS. The third-order valence-electron chi connectivity index (χ3n) is 6.75. The zero-order chi connectivity index (χ0) is 22.4. The average molecular weight is 450 g/mol. The molecule has 3 aromatic rings. The van der Waals surface area contributed by atoms with E-state index in [-0.39, 0.29) is 5.91 Å². The van der Waals surface area contributed by atoms with E-state index in [4.69, 9.17) is 9.97 Å². The minimum atomic E-state index is -0.0680. The smallest absolute Gasteiger partial charge is 0.266 e. The first-order chi connectivity index (χ1) is 15.4. The molecule has 0 spiro atoms. The maximum atomic E-state index is 13.1. The van der Waals surface area contributed by atoms with Gasteiger partial charge >= 0.3 is 0 Å². The first kappa shape index (κ1) is 21.3. The van der Waals surface area contributed by atoms with Crippen molar-refractivity contribution in [1.82, 2.24) is 14.9 Å². The Morgan fingerprint density at radius 2 is 1.88 bits per heavy atom. The Morgan fingerprint density at radius 1 is 1.12 bits per heavy atom. The Bertz CT molecular complexity index is 1170. The number of carbonyl (C=O) groups excluding carboxylic acids is 1. The summed E-state index contributed by atoms with van der Waals surface area (Å²) in [6, 6.07) is 6.24. The second-order valence-corrected chi connectivity index (χ2v) is 10.1. The van der Waals surface area contributed by atoms with Crippen LogP contribution in [-0.2, 0) is 0 Å². The first-order valence-electron chi connectivity index (χ1n) is 11.6. The van der Waals surface area contributed by atoms with Crippen LogP contribution in [0.5, 0.6) is 0 Å². The highest BCUT2D eigenvalue weighted by Gasteiger charge is 2.28. The summed E-state index contributed by atoms with van der Waals surface area (Å²) < 4.78 is 0. The van der Waals surface area contributed by atoms with Crippen molar-refractivity contribution in [3.63, 3.8) is 0 Å². The zero-order valence-electron chi connectivity index (χ0n) is 19.4. The van der Waals surface area contributed by atoms with Crippen LogP contribution in [-0.4, -0.2) is 53.5 Å². The molecule has 1 aliphatic heterocycles. The van der Waals surface area contributed by atoms with Crippen molar-refractivity contribution < 1.29 is 4.79 Å². The van der Waals surface area contributed by atoms with Crippen LogP contribution in [0.2, 0.25) is 0 Å². The van der Waals surface area contributed by atoms with Crippen molar-refractivity contribution >= 4 is 38.8 Å². The van der Waals surface area contributed by atoms with Crippen LogP contribution < -0.4 is 10.2 Å². The highest BCUT2D eigenvalue weighted by Crippen LogP contribution is 2.40. The number of piperazine rings is 1. The van der Waals surface area contributed by atoms with Gasteiger partial charge in [0.2, 0.25) is 0 Å². The van der Waals surface area contributed by atoms with Gasteiger partial charge in [-0.05, 0) is 69.5 Å². The number of aromatic nitrogens is 2. The van der Waals surface area contributed by atoms with Crippen LogP contribution >= 0.6 is 11.3 Å². The van der Waals surface area contributed by atoms with Gasteiger partial charge in [0.15, 0.2) is 0 Å². The summed E-state index contributed by atoms with van der Waals surface area (Å²) in [6.45, 7) is 13.8. The summed E-state index contributed by atoms with van der Waals surface area (Å²) in [4.78, 5) is 29.2. The quantitative estimate of drug-likeness (QED) is 0.601. The van der Waals surface area contributed by atoms with E-state index in [1.165, 1.54) is 35.4 Å². The second kappa shape index (κ2) is 8.45. The predicted octanol–water partition coefficient (Wildman–Crippen LogP) is 4.89. The molecule has 3 heterocycles. The molecule has 7 heteroatoms. The number of carbonyl (C=O) groups is 1. The van der Waals surface area contributed by atoms with E-state index < -0.39 is 0 Å². The maximum Gasteiger partial charge on any atom is 0.266 e. The third-order valence-corrected chi connectivity index (χ3v) is 7.94. The lowest BCUT2D eigenvalue weighted by Gasteiger charge is -2.36. The largest absolute Gasteiger partial charge is 0.369 e. The van der Waals surface area contributed by atoms with Crippen LogP contribution in [0.15, 0.2) is 18.2 Å². The second-order valence-electron chi connectivity index (χ2n) is 9.05. The maximum absolute atomic E-state index is 13.1. The monoisotopic (exact) mass is 449 g/mol. The summed E-state index contributed by atoms with van der Waals surface area (Å²) in [5.41, 5.74) is 5.24. The molecule has 6 nitrogen and oxygen atoms in total. The standard InChI is InChI=1S/C25H31N5OS/c1-5-29-10-12-30(13-11-29)20-9-8-19(14-15(20)2)27-24(31)22-16(3)21-17(4)26-23(18-6-7-18)28-25(21)32-22/h8-9,14,18H,5-7,10-13H2,1-4H3,(H,27,31). The molecule has 1 N–H and O–H groups in total. The zero-order valence-corrected chi connectivity index (χ0v) is 20.2. The molecule has 2 fully saturated rings. The fraction of sp³-hybridized carbons (Fsp3) is 0.480. The lowest BCUT2D eigenvalue weighted by Crippen LogP contribution is -2.46. The molecule has 32 heavy (non-hydrogen) atoms. The summed E-state index contributed by atoms with van der Waals surface area (Å²) in [7, 11) is 0. The molecule has 2 aromatic heterocycles. The SMILES string of the molecule is CCN1CCN(c2ccc(NC(=O)c3sc4nc(C5CC5)nc(C)c4c3C)cc2C)CC1. The molecule has 168 valence electrons. The summed E-state index contributed by atoms with van der Waals surface area (Å²) in [5, 5.41) is 4.14. The van der Waals surface area contributed by atoms with Gasteiger partial charge in [0.25, 0.3) is 5.91 Å². The highest BCUT2D eigenvalue weighted by atomic mass is 32.1. The average Bonchev–Trinajstić information content (AvgIpc) is 3.57. The van der Waals surface area contributed by atoms with Gasteiger partial charge in [-0.3, -0.25) is 4.79 Å². The van der Waals surface area contributed by atoms with E-state index in [0.717, 1.165) is 70.6 Å². The minimum absolute atomic E-state index is 0.0680. The van der Waals surface area contributed by atoms with E-state index in [1.807, 2.05) is 19.9 Å². The molecule has 2 aliphatic rings. The number of anilines is 2. The molecule has 1 saturated carbocycles. The molecule has 0 radical (unpaired) electrons. The van der Waals surface area contributed by atoms with Crippen LogP contribution in [0.4, 0.5) is 11.4 Å². The molecule has 5 rings (SSSR count). The van der Waals surface area contributed by atoms with E-state index in [0.29, 0.717) is 5.92 Å². The van der Waals surface area contributed by atoms with Crippen molar-refractivity contribution in [2.45, 2.75) is 46.5 Å². The Hall–Kier alpha value is -2.51. The van der Waals surface area contributed by atoms with Crippen molar-refractivity contribution in [2.75, 3.05) is 42.9 Å². The number of likely N-dealkylation sites (N-methyl/N-ethyl adjacent to an activating group) is 1. The Balaban J connectivity index is 1.35. The van der Waals surface area contributed by atoms with Gasteiger partial charge in [-0.1, -0.05) is 6.92 Å². The van der Waals surface area contributed by atoms with Crippen LogP contribution in [0, 0.1) is 20.8 Å². The minimum Gasteiger partial charge on any atom is -0.369 e. The van der Waals surface area contributed by atoms with Crippen LogP contribution in [0.1, 0.15) is 58.0 Å². The lowest BCUT2D eigenvalue weighted by atomic mass is 10.1. The van der Waals surface area contributed by atoms with E-state index in [9.17, 15) is 4.79 Å². The molecule has 1 aromatic carbocycles. The molecule has 0 atom stereocenters. The Labute approximate surface area is 193 Å². The molecule has 0 bridgehead atoms. The number of hydrogen-bond acceptors (Lipinski definition) is 6. The number of benzene rings is 1. The Kier molecular flexibility index (Phi) is 5.63. The van der Waals surface area contributed by atoms with Crippen molar-refractivity contribution in [2.24, 2.45) is 0 Å². The van der Waals surface area contributed by atoms with Gasteiger partial charge < -0.3 is 15.1 Å². The molecule has 1 aliphatic carbocycles. The van der Waals surface area contributed by atoms with E-state index in [1.54, 1.807) is 0 Å². The van der Waals surface area contributed by atoms with Gasteiger partial charge in [0.1, 0.15) is 10.7 Å². The molecule has 1 saturated heterocycles. The number of nitrogens with zero attached hydrogens (tertiary/aromatic N) is 4. The van der Waals surface area contributed by atoms with Crippen LogP contribution in [0.25, 0.3) is 10.2 Å². The summed E-state index contributed by atoms with van der Waals surface area (Å²) >= 11 is 1.48. The molecular weight excluding hydrogens is 418 g/mol. The highest BCUT2D eigenvalue weighted by molar-refractivity contribution is 7.20. The van der Waals surface area contributed by atoms with Crippen molar-refractivity contribution in [3.8, 4) is 0 Å². The van der Waals surface area contributed by atoms with E-state index in [2.05, 4.69) is 41.1 Å². The van der Waals surface area contributed by atoms with Gasteiger partial charge in [-0.25, -0.2) is 9.97 Å². The predicted molar refractivity (Wildman–Crippen MR) is 132 cm³/mol. The number of thiophene rings is 1. The molecule has 1 amide bonds. The number of fused-ring (bicyclic) bond motifs is 1. The van der Waals surface area contributed by atoms with E-state index >= 15 is 0 Å². The van der Waals surface area contributed by atoms with Gasteiger partial charge in [-0.2, -0.15) is 0 Å². The number of amides is 1. The topological polar surface area (TPSA) is 61.4 Å². The van der Waals surface area contributed by atoms with Crippen LogP contribution in [0.3, 0.4) is 0 Å². The Morgan fingerprint density at radius 3 is 2.53 bits per heavy atom. The number of aryl methyl sites for hydroxylation is 3. The fourth-order valence-corrected chi connectivity index (χ4v) is 5.82. The number of nitrogens with one attached hydrogen (secondary N) is 1. The third kappa shape index (κ3) is 3.99. The lowest BCUT2D eigenvalue weighted by molar-refractivity contribution is 0.103. The van der Waals surface area contributed by atoms with Gasteiger partial charge in [0.05, 0.1) is 10.6 Å². The normalized spacial score (nSPS) is 17.2. The van der Waals surface area contributed by atoms with Crippen molar-refractivity contribution in [3.05, 3.63) is 45.7 Å². The van der Waals surface area contributed by atoms with Gasteiger partial charge in [-0.15, -0.1) is 11.3 Å².